The van der Waals surface area contributed by atoms with Gasteiger partial charge in [-0.15, -0.1) is 11.6 Å². The second kappa shape index (κ2) is 7.09. The topological polar surface area (TPSA) is 64.7 Å². The van der Waals surface area contributed by atoms with E-state index in [1.807, 2.05) is 21.9 Å². The fourth-order valence-electron chi connectivity index (χ4n) is 3.40. The van der Waals surface area contributed by atoms with Crippen LogP contribution in [0.15, 0.2) is 24.3 Å². The summed E-state index contributed by atoms with van der Waals surface area (Å²) in [6.45, 7) is 6.22. The molecule has 1 aromatic carbocycles. The first-order chi connectivity index (χ1) is 11.5. The van der Waals surface area contributed by atoms with Crippen LogP contribution in [-0.2, 0) is 16.1 Å². The quantitative estimate of drug-likeness (QED) is 0.785. The lowest BCUT2D eigenvalue weighted by atomic mass is 10.0. The molecule has 24 heavy (non-hydrogen) atoms. The minimum Gasteiger partial charge on any atom is -0.336 e. The zero-order valence-corrected chi connectivity index (χ0v) is 14.7. The van der Waals surface area contributed by atoms with E-state index in [9.17, 15) is 9.59 Å². The Labute approximate surface area is 147 Å². The third kappa shape index (κ3) is 3.41. The molecule has 2 aliphatic heterocycles. The first kappa shape index (κ1) is 17.2. The molecule has 2 unspecified atom stereocenters. The van der Waals surface area contributed by atoms with Gasteiger partial charge < -0.3 is 4.90 Å². The molecule has 2 amide bonds. The summed E-state index contributed by atoms with van der Waals surface area (Å²) < 4.78 is 0. The van der Waals surface area contributed by atoms with Crippen LogP contribution in [-0.4, -0.2) is 58.7 Å². The maximum Gasteiger partial charge on any atom is 0.253 e. The molecule has 0 spiro atoms. The Balaban J connectivity index is 1.69. The Hall–Kier alpha value is -1.63. The first-order valence-corrected chi connectivity index (χ1v) is 8.66. The van der Waals surface area contributed by atoms with Crippen LogP contribution in [0, 0.1) is 6.92 Å². The van der Waals surface area contributed by atoms with Crippen molar-refractivity contribution in [2.75, 3.05) is 19.6 Å². The summed E-state index contributed by atoms with van der Waals surface area (Å²) in [6.07, 6.45) is 0. The third-order valence-corrected chi connectivity index (χ3v) is 5.37. The van der Waals surface area contributed by atoms with Gasteiger partial charge in [-0.2, -0.15) is 0 Å². The maximum atomic E-state index is 12.6. The zero-order chi connectivity index (χ0) is 17.3. The summed E-state index contributed by atoms with van der Waals surface area (Å²) in [5.74, 6) is -0.166. The largest absolute Gasteiger partial charge is 0.336 e. The number of amides is 2. The van der Waals surface area contributed by atoms with Crippen molar-refractivity contribution < 1.29 is 9.59 Å². The highest BCUT2D eigenvalue weighted by Gasteiger charge is 2.40. The summed E-state index contributed by atoms with van der Waals surface area (Å²) in [6, 6.07) is 8.08. The summed E-state index contributed by atoms with van der Waals surface area (Å²) in [5, 5.41) is -0.649. The average molecular weight is 351 g/mol. The maximum absolute atomic E-state index is 12.6. The zero-order valence-electron chi connectivity index (χ0n) is 14.0. The fraction of sp³-hybridized carbons (Fsp3) is 0.529. The fourth-order valence-corrected chi connectivity index (χ4v) is 3.69. The Morgan fingerprint density at radius 1 is 1.29 bits per heavy atom. The van der Waals surface area contributed by atoms with Crippen molar-refractivity contribution in [3.05, 3.63) is 35.4 Å². The van der Waals surface area contributed by atoms with Crippen LogP contribution < -0.4 is 10.9 Å². The third-order valence-electron chi connectivity index (χ3n) is 4.88. The smallest absolute Gasteiger partial charge is 0.253 e. The molecule has 2 saturated heterocycles. The number of halogens is 1. The van der Waals surface area contributed by atoms with Gasteiger partial charge in [-0.3, -0.25) is 19.9 Å². The van der Waals surface area contributed by atoms with E-state index in [1.165, 1.54) is 11.1 Å². The molecule has 0 saturated carbocycles. The van der Waals surface area contributed by atoms with Crippen LogP contribution in [0.5, 0.6) is 0 Å². The molecule has 2 N–H and O–H groups in total. The molecule has 1 aromatic rings. The van der Waals surface area contributed by atoms with Gasteiger partial charge in [0.2, 0.25) is 5.91 Å². The highest BCUT2D eigenvalue weighted by atomic mass is 35.5. The van der Waals surface area contributed by atoms with Crippen LogP contribution in [0.2, 0.25) is 0 Å². The van der Waals surface area contributed by atoms with Crippen LogP contribution >= 0.6 is 11.6 Å². The Kier molecular flexibility index (Phi) is 5.08. The molecule has 2 aliphatic rings. The monoisotopic (exact) mass is 350 g/mol. The van der Waals surface area contributed by atoms with E-state index in [4.69, 9.17) is 11.6 Å². The number of alkyl halides is 1. The van der Waals surface area contributed by atoms with E-state index in [0.29, 0.717) is 19.6 Å². The van der Waals surface area contributed by atoms with Crippen molar-refractivity contribution in [3.8, 4) is 0 Å². The summed E-state index contributed by atoms with van der Waals surface area (Å²) >= 11 is 6.25. The summed E-state index contributed by atoms with van der Waals surface area (Å²) in [5.41, 5.74) is 7.74. The van der Waals surface area contributed by atoms with Crippen molar-refractivity contribution >= 4 is 23.4 Å². The molecule has 2 heterocycles. The lowest BCUT2D eigenvalue weighted by Crippen LogP contribution is -2.67. The second-order valence-corrected chi connectivity index (χ2v) is 7.03. The molecule has 6 nitrogen and oxygen atoms in total. The highest BCUT2D eigenvalue weighted by Crippen LogP contribution is 2.22. The number of carbonyl (C=O) groups is 2. The number of piperazine rings is 1. The van der Waals surface area contributed by atoms with E-state index in [2.05, 4.69) is 36.8 Å². The number of rotatable bonds is 3. The summed E-state index contributed by atoms with van der Waals surface area (Å²) in [4.78, 5) is 28.3. The lowest BCUT2D eigenvalue weighted by Gasteiger charge is -2.45. The Morgan fingerprint density at radius 3 is 2.79 bits per heavy atom. The normalized spacial score (nSPS) is 28.8. The van der Waals surface area contributed by atoms with Crippen molar-refractivity contribution in [1.29, 1.82) is 0 Å². The molecule has 130 valence electrons. The van der Waals surface area contributed by atoms with Gasteiger partial charge in [0.1, 0.15) is 5.38 Å². The predicted octanol–water partition coefficient (Wildman–Crippen LogP) is 0.638. The van der Waals surface area contributed by atoms with Gasteiger partial charge in [0.15, 0.2) is 0 Å². The van der Waals surface area contributed by atoms with Crippen LogP contribution in [0.1, 0.15) is 18.1 Å². The van der Waals surface area contributed by atoms with Gasteiger partial charge in [0.25, 0.3) is 5.91 Å². The van der Waals surface area contributed by atoms with Crippen molar-refractivity contribution in [2.45, 2.75) is 37.9 Å². The van der Waals surface area contributed by atoms with Crippen molar-refractivity contribution in [1.82, 2.24) is 20.7 Å². The van der Waals surface area contributed by atoms with Crippen molar-refractivity contribution in [2.24, 2.45) is 0 Å². The van der Waals surface area contributed by atoms with E-state index >= 15 is 0 Å². The van der Waals surface area contributed by atoms with Gasteiger partial charge in [0.05, 0.1) is 12.6 Å². The minimum atomic E-state index is -0.649. The average Bonchev–Trinajstić information content (AvgIpc) is 2.55. The predicted molar refractivity (Wildman–Crippen MR) is 92.3 cm³/mol. The standard InChI is InChI=1S/C17H23ClN4O2/c1-11-5-3-4-6-13(11)9-21-8-12(2)22(10-15(21)23)14-7-19-20-17(24)16(14)18/h3-6,12,14,16,19H,7-10H2,1-2H3,(H,20,24)/t12-,14?,16?/m1/s1. The molecule has 2 fully saturated rings. The lowest BCUT2D eigenvalue weighted by molar-refractivity contribution is -0.142. The number of nitrogens with one attached hydrogen (secondary N) is 2. The van der Waals surface area contributed by atoms with E-state index in [1.54, 1.807) is 0 Å². The number of hydrazine groups is 1. The number of nitrogens with zero attached hydrogens (tertiary/aromatic N) is 2. The summed E-state index contributed by atoms with van der Waals surface area (Å²) in [7, 11) is 0. The molecule has 0 radical (unpaired) electrons. The SMILES string of the molecule is Cc1ccccc1CN1C[C@@H](C)N(C2CNNC(=O)C2Cl)CC1=O. The minimum absolute atomic E-state index is 0.0752. The van der Waals surface area contributed by atoms with Gasteiger partial charge >= 0.3 is 0 Å². The van der Waals surface area contributed by atoms with Crippen LogP contribution in [0.4, 0.5) is 0 Å². The first-order valence-electron chi connectivity index (χ1n) is 8.22. The van der Waals surface area contributed by atoms with Gasteiger partial charge in [-0.25, -0.2) is 5.43 Å². The molecule has 7 heteroatoms. The number of benzene rings is 1. The molecular formula is C17H23ClN4O2. The van der Waals surface area contributed by atoms with Crippen LogP contribution in [0.25, 0.3) is 0 Å². The Morgan fingerprint density at radius 2 is 2.04 bits per heavy atom. The Bertz CT molecular complexity index is 639. The van der Waals surface area contributed by atoms with Crippen LogP contribution in [0.3, 0.4) is 0 Å². The molecule has 0 aromatic heterocycles. The molecule has 3 atom stereocenters. The number of aryl methyl sites for hydroxylation is 1. The number of carbonyl (C=O) groups excluding carboxylic acids is 2. The number of hydrogen-bond donors (Lipinski definition) is 2. The second-order valence-electron chi connectivity index (χ2n) is 6.56. The van der Waals surface area contributed by atoms with E-state index < -0.39 is 5.38 Å². The molecule has 0 bridgehead atoms. The molecule has 3 rings (SSSR count). The van der Waals surface area contributed by atoms with Gasteiger partial charge in [-0.1, -0.05) is 24.3 Å². The molecule has 0 aliphatic carbocycles. The molecular weight excluding hydrogens is 328 g/mol. The van der Waals surface area contributed by atoms with E-state index in [0.717, 1.165) is 0 Å². The number of hydrogen-bond acceptors (Lipinski definition) is 4. The van der Waals surface area contributed by atoms with E-state index in [-0.39, 0.29) is 30.4 Å². The van der Waals surface area contributed by atoms with Gasteiger partial charge in [-0.05, 0) is 25.0 Å². The van der Waals surface area contributed by atoms with Crippen molar-refractivity contribution in [3.63, 3.8) is 0 Å². The highest BCUT2D eigenvalue weighted by molar-refractivity contribution is 6.31. The van der Waals surface area contributed by atoms with Gasteiger partial charge in [0, 0.05) is 25.7 Å².